The van der Waals surface area contributed by atoms with Gasteiger partial charge >= 0.3 is 5.97 Å². The maximum atomic E-state index is 13.3. The van der Waals surface area contributed by atoms with Gasteiger partial charge in [0.25, 0.3) is 0 Å². The highest BCUT2D eigenvalue weighted by Gasteiger charge is 2.53. The molecule has 0 radical (unpaired) electrons. The first kappa shape index (κ1) is 29.8. The standard InChI is InChI=1S/C31H41N3O8/c1-33(2)10-11-34(3)9-7-6-8-26(35)32-29-20-15-23-22(41-17-42-23)14-19(20)27(28-21(29)16-40-31(28)37)18-12-24(38-4)30(36)25(13-18)39-5/h12-15,21,27-29,36H,6-11,16-17H2,1-5H3,(H,32,35). The molecule has 0 bridgehead atoms. The van der Waals surface area contributed by atoms with Gasteiger partial charge in [0.15, 0.2) is 23.0 Å². The zero-order chi connectivity index (χ0) is 30.0. The third-order valence-electron chi connectivity index (χ3n) is 8.49. The molecule has 4 atom stereocenters. The molecule has 11 nitrogen and oxygen atoms in total. The molecule has 2 aromatic carbocycles. The average Bonchev–Trinajstić information content (AvgIpc) is 3.59. The van der Waals surface area contributed by atoms with Gasteiger partial charge in [0.1, 0.15) is 0 Å². The molecule has 0 aromatic heterocycles. The topological polar surface area (TPSA) is 119 Å². The number of rotatable bonds is 12. The van der Waals surface area contributed by atoms with Crippen LogP contribution in [0.15, 0.2) is 24.3 Å². The number of ether oxygens (including phenoxy) is 5. The van der Waals surface area contributed by atoms with Gasteiger partial charge in [-0.2, -0.15) is 0 Å². The second-order valence-corrected chi connectivity index (χ2v) is 11.5. The van der Waals surface area contributed by atoms with Crippen molar-refractivity contribution < 1.29 is 38.4 Å². The summed E-state index contributed by atoms with van der Waals surface area (Å²) in [7, 11) is 9.14. The van der Waals surface area contributed by atoms with Gasteiger partial charge < -0.3 is 43.9 Å². The first-order chi connectivity index (χ1) is 20.2. The highest BCUT2D eigenvalue weighted by molar-refractivity contribution is 5.81. The lowest BCUT2D eigenvalue weighted by atomic mass is 9.65. The van der Waals surface area contributed by atoms with Crippen molar-refractivity contribution in [3.05, 3.63) is 41.0 Å². The molecule has 1 saturated heterocycles. The second-order valence-electron chi connectivity index (χ2n) is 11.5. The number of phenols is 1. The summed E-state index contributed by atoms with van der Waals surface area (Å²) < 4.78 is 27.9. The Balaban J connectivity index is 1.42. The number of nitrogens with zero attached hydrogens (tertiary/aromatic N) is 2. The molecular weight excluding hydrogens is 542 g/mol. The van der Waals surface area contributed by atoms with Crippen LogP contribution in [0.4, 0.5) is 0 Å². The Kier molecular flexibility index (Phi) is 8.98. The maximum Gasteiger partial charge on any atom is 0.310 e. The smallest absolute Gasteiger partial charge is 0.310 e. The van der Waals surface area contributed by atoms with Gasteiger partial charge in [-0.15, -0.1) is 0 Å². The van der Waals surface area contributed by atoms with Gasteiger partial charge in [-0.1, -0.05) is 0 Å². The van der Waals surface area contributed by atoms with Gasteiger partial charge in [0.05, 0.1) is 32.8 Å². The number of hydrogen-bond donors (Lipinski definition) is 2. The van der Waals surface area contributed by atoms with E-state index in [1.54, 1.807) is 12.1 Å². The van der Waals surface area contributed by atoms with Crippen molar-refractivity contribution >= 4 is 11.9 Å². The number of nitrogens with one attached hydrogen (secondary N) is 1. The first-order valence-electron chi connectivity index (χ1n) is 14.4. The lowest BCUT2D eigenvalue weighted by Gasteiger charge is -2.39. The van der Waals surface area contributed by atoms with Crippen LogP contribution >= 0.6 is 0 Å². The summed E-state index contributed by atoms with van der Waals surface area (Å²) in [4.78, 5) is 31.0. The Labute approximate surface area is 246 Å². The van der Waals surface area contributed by atoms with E-state index in [2.05, 4.69) is 36.3 Å². The lowest BCUT2D eigenvalue weighted by molar-refractivity contribution is -0.141. The summed E-state index contributed by atoms with van der Waals surface area (Å²) in [5.74, 6) is -0.219. The number of esters is 1. The zero-order valence-corrected chi connectivity index (χ0v) is 25.0. The molecule has 2 heterocycles. The number of cyclic esters (lactones) is 1. The fourth-order valence-electron chi connectivity index (χ4n) is 6.24. The molecular formula is C31H41N3O8. The Hall–Kier alpha value is -3.70. The van der Waals surface area contributed by atoms with Crippen LogP contribution in [0.5, 0.6) is 28.7 Å². The number of hydrogen-bond acceptors (Lipinski definition) is 10. The highest BCUT2D eigenvalue weighted by atomic mass is 16.7. The number of aromatic hydroxyl groups is 1. The quantitative estimate of drug-likeness (QED) is 0.285. The normalized spacial score (nSPS) is 22.1. The first-order valence-corrected chi connectivity index (χ1v) is 14.4. The maximum absolute atomic E-state index is 13.3. The van der Waals surface area contributed by atoms with E-state index in [9.17, 15) is 14.7 Å². The van der Waals surface area contributed by atoms with Gasteiger partial charge in [-0.25, -0.2) is 0 Å². The Morgan fingerprint density at radius 2 is 1.62 bits per heavy atom. The van der Waals surface area contributed by atoms with Crippen molar-refractivity contribution in [1.29, 1.82) is 0 Å². The number of likely N-dealkylation sites (N-methyl/N-ethyl adjacent to an activating group) is 2. The minimum Gasteiger partial charge on any atom is -0.502 e. The summed E-state index contributed by atoms with van der Waals surface area (Å²) in [6.45, 7) is 3.17. The molecule has 5 rings (SSSR count). The Morgan fingerprint density at radius 1 is 0.952 bits per heavy atom. The molecule has 0 saturated carbocycles. The van der Waals surface area contributed by atoms with Crippen LogP contribution in [-0.2, 0) is 14.3 Å². The predicted octanol–water partition coefficient (Wildman–Crippen LogP) is 2.89. The van der Waals surface area contributed by atoms with Crippen LogP contribution in [0, 0.1) is 11.8 Å². The van der Waals surface area contributed by atoms with Crippen LogP contribution in [0.3, 0.4) is 0 Å². The van der Waals surface area contributed by atoms with Crippen LogP contribution < -0.4 is 24.3 Å². The van der Waals surface area contributed by atoms with Crippen molar-refractivity contribution in [1.82, 2.24) is 15.1 Å². The fraction of sp³-hybridized carbons (Fsp3) is 0.548. The van der Waals surface area contributed by atoms with Crippen LogP contribution in [-0.4, -0.2) is 95.2 Å². The number of methoxy groups -OCH3 is 2. The number of amides is 1. The molecule has 11 heteroatoms. The van der Waals surface area contributed by atoms with Crippen molar-refractivity contribution in [3.63, 3.8) is 0 Å². The van der Waals surface area contributed by atoms with E-state index in [0.29, 0.717) is 17.9 Å². The average molecular weight is 584 g/mol. The molecule has 1 amide bonds. The number of phenolic OH excluding ortho intramolecular Hbond substituents is 1. The fourth-order valence-corrected chi connectivity index (χ4v) is 6.24. The van der Waals surface area contributed by atoms with Gasteiger partial charge in [0.2, 0.25) is 18.4 Å². The van der Waals surface area contributed by atoms with E-state index in [1.165, 1.54) is 14.2 Å². The molecule has 1 aliphatic carbocycles. The Bertz CT molecular complexity index is 1290. The van der Waals surface area contributed by atoms with Crippen molar-refractivity contribution in [2.24, 2.45) is 11.8 Å². The van der Waals surface area contributed by atoms with Crippen molar-refractivity contribution in [2.45, 2.75) is 31.2 Å². The molecule has 0 spiro atoms. The number of unbranched alkanes of at least 4 members (excludes halogenated alkanes) is 1. The summed E-state index contributed by atoms with van der Waals surface area (Å²) >= 11 is 0. The van der Waals surface area contributed by atoms with Crippen LogP contribution in [0.25, 0.3) is 0 Å². The molecule has 2 aromatic rings. The largest absolute Gasteiger partial charge is 0.502 e. The third-order valence-corrected chi connectivity index (χ3v) is 8.49. The number of benzene rings is 2. The molecule has 4 unspecified atom stereocenters. The summed E-state index contributed by atoms with van der Waals surface area (Å²) in [6.07, 6.45) is 2.06. The van der Waals surface area contributed by atoms with E-state index < -0.39 is 17.9 Å². The number of carbonyl (C=O) groups excluding carboxylic acids is 2. The molecule has 2 aliphatic heterocycles. The van der Waals surface area contributed by atoms with Gasteiger partial charge in [0, 0.05) is 31.3 Å². The van der Waals surface area contributed by atoms with E-state index in [-0.39, 0.29) is 48.4 Å². The van der Waals surface area contributed by atoms with Crippen LogP contribution in [0.2, 0.25) is 0 Å². The third kappa shape index (κ3) is 5.94. The predicted molar refractivity (Wildman–Crippen MR) is 154 cm³/mol. The summed E-state index contributed by atoms with van der Waals surface area (Å²) in [5, 5.41) is 13.8. The second kappa shape index (κ2) is 12.7. The van der Waals surface area contributed by atoms with Gasteiger partial charge in [-0.3, -0.25) is 9.59 Å². The number of fused-ring (bicyclic) bond motifs is 3. The Morgan fingerprint density at radius 3 is 2.26 bits per heavy atom. The van der Waals surface area contributed by atoms with Crippen molar-refractivity contribution in [2.75, 3.05) is 68.4 Å². The van der Waals surface area contributed by atoms with E-state index in [0.717, 1.165) is 49.2 Å². The zero-order valence-electron chi connectivity index (χ0n) is 25.0. The molecule has 3 aliphatic rings. The molecule has 42 heavy (non-hydrogen) atoms. The monoisotopic (exact) mass is 583 g/mol. The SMILES string of the molecule is COc1cc(C2c3cc4c(cc3C(NC(=O)CCCCN(C)CCN(C)C)C3COC(=O)C23)OCO4)cc(OC)c1O. The van der Waals surface area contributed by atoms with E-state index in [4.69, 9.17) is 23.7 Å². The molecule has 2 N–H and O–H groups in total. The lowest BCUT2D eigenvalue weighted by Crippen LogP contribution is -2.42. The minimum absolute atomic E-state index is 0.0657. The van der Waals surface area contributed by atoms with E-state index in [1.807, 2.05) is 12.1 Å². The summed E-state index contributed by atoms with van der Waals surface area (Å²) in [5.41, 5.74) is 2.40. The van der Waals surface area contributed by atoms with Crippen molar-refractivity contribution in [3.8, 4) is 28.7 Å². The van der Waals surface area contributed by atoms with Crippen LogP contribution in [0.1, 0.15) is 47.9 Å². The minimum atomic E-state index is -0.576. The molecule has 1 fully saturated rings. The van der Waals surface area contributed by atoms with Gasteiger partial charge in [-0.05, 0) is 81.5 Å². The highest BCUT2D eigenvalue weighted by Crippen LogP contribution is 2.55. The number of carbonyl (C=O) groups is 2. The van der Waals surface area contributed by atoms with E-state index >= 15 is 0 Å². The summed E-state index contributed by atoms with van der Waals surface area (Å²) in [6, 6.07) is 6.78. The molecule has 228 valence electrons.